The number of halogens is 1. The topological polar surface area (TPSA) is 72.7 Å². The average Bonchev–Trinajstić information content (AvgIpc) is 2.67. The van der Waals surface area contributed by atoms with E-state index in [1.165, 1.54) is 4.57 Å². The molecule has 0 saturated carbocycles. The largest absolute Gasteiger partial charge is 0.329 e. The van der Waals surface area contributed by atoms with Gasteiger partial charge in [0, 0.05) is 18.9 Å². The predicted octanol–water partition coefficient (Wildman–Crippen LogP) is 0.208. The Kier molecular flexibility index (Phi) is 2.95. The normalized spacial score (nSPS) is 11.1. The van der Waals surface area contributed by atoms with Gasteiger partial charge in [0.15, 0.2) is 11.2 Å². The summed E-state index contributed by atoms with van der Waals surface area (Å²) in [5.41, 5.74) is 0.0415. The molecule has 16 heavy (non-hydrogen) atoms. The van der Waals surface area contributed by atoms with E-state index in [0.29, 0.717) is 17.7 Å². The number of aryl methyl sites for hydroxylation is 2. The zero-order valence-corrected chi connectivity index (χ0v) is 10.3. The first-order valence-electron chi connectivity index (χ1n) is 4.85. The van der Waals surface area contributed by atoms with Crippen molar-refractivity contribution in [1.82, 2.24) is 19.1 Å². The van der Waals surface area contributed by atoms with Gasteiger partial charge in [-0.2, -0.15) is 0 Å². The fraction of sp³-hybridized carbons (Fsp3) is 0.444. The standard InChI is InChI=1S/C9H11BrN4O2/c1-13-7-6(8(15)12-9(13)16)14(5-11-7)4-2-3-10/h5H,2-4H2,1H3,(H,12,15,16). The van der Waals surface area contributed by atoms with Gasteiger partial charge in [0.05, 0.1) is 6.33 Å². The van der Waals surface area contributed by atoms with Crippen LogP contribution in [0.25, 0.3) is 11.2 Å². The van der Waals surface area contributed by atoms with Gasteiger partial charge in [-0.15, -0.1) is 0 Å². The summed E-state index contributed by atoms with van der Waals surface area (Å²) < 4.78 is 3.09. The fourth-order valence-electron chi connectivity index (χ4n) is 1.59. The van der Waals surface area contributed by atoms with Crippen LogP contribution in [0.5, 0.6) is 0 Å². The van der Waals surface area contributed by atoms with Gasteiger partial charge < -0.3 is 4.57 Å². The highest BCUT2D eigenvalue weighted by Crippen LogP contribution is 2.05. The van der Waals surface area contributed by atoms with Crippen LogP contribution in [0.3, 0.4) is 0 Å². The van der Waals surface area contributed by atoms with E-state index in [2.05, 4.69) is 25.9 Å². The second-order valence-electron chi connectivity index (χ2n) is 3.47. The first-order valence-corrected chi connectivity index (χ1v) is 5.97. The molecule has 0 saturated heterocycles. The molecule has 6 nitrogen and oxygen atoms in total. The molecule has 2 aromatic rings. The van der Waals surface area contributed by atoms with Gasteiger partial charge in [-0.1, -0.05) is 15.9 Å². The van der Waals surface area contributed by atoms with E-state index < -0.39 is 5.69 Å². The highest BCUT2D eigenvalue weighted by atomic mass is 79.9. The van der Waals surface area contributed by atoms with Crippen molar-refractivity contribution in [3.63, 3.8) is 0 Å². The minimum Gasteiger partial charge on any atom is -0.325 e. The van der Waals surface area contributed by atoms with Crippen LogP contribution in [0.15, 0.2) is 15.9 Å². The third-order valence-electron chi connectivity index (χ3n) is 2.41. The second-order valence-corrected chi connectivity index (χ2v) is 4.26. The van der Waals surface area contributed by atoms with Crippen LogP contribution in [0.2, 0.25) is 0 Å². The Morgan fingerprint density at radius 3 is 2.94 bits per heavy atom. The number of alkyl halides is 1. The smallest absolute Gasteiger partial charge is 0.325 e. The van der Waals surface area contributed by atoms with Gasteiger partial charge in [0.2, 0.25) is 0 Å². The van der Waals surface area contributed by atoms with E-state index in [9.17, 15) is 9.59 Å². The molecule has 2 heterocycles. The van der Waals surface area contributed by atoms with Gasteiger partial charge in [-0.05, 0) is 6.42 Å². The number of hydrogen-bond donors (Lipinski definition) is 1. The fourth-order valence-corrected chi connectivity index (χ4v) is 1.84. The van der Waals surface area contributed by atoms with Crippen molar-refractivity contribution >= 4 is 27.1 Å². The molecule has 0 aromatic carbocycles. The zero-order valence-electron chi connectivity index (χ0n) is 8.73. The Labute approximate surface area is 99.1 Å². The maximum absolute atomic E-state index is 11.7. The molecule has 0 atom stereocenters. The minimum atomic E-state index is -0.441. The first-order chi connectivity index (χ1) is 7.65. The molecule has 7 heteroatoms. The lowest BCUT2D eigenvalue weighted by molar-refractivity contribution is 0.701. The lowest BCUT2D eigenvalue weighted by atomic mass is 10.4. The molecule has 0 radical (unpaired) electrons. The van der Waals surface area contributed by atoms with Crippen LogP contribution in [0, 0.1) is 0 Å². The second kappa shape index (κ2) is 4.25. The lowest BCUT2D eigenvalue weighted by Crippen LogP contribution is -2.29. The van der Waals surface area contributed by atoms with E-state index in [1.54, 1.807) is 17.9 Å². The van der Waals surface area contributed by atoms with Crippen LogP contribution < -0.4 is 11.2 Å². The summed E-state index contributed by atoms with van der Waals surface area (Å²) in [5, 5.41) is 0.857. The van der Waals surface area contributed by atoms with E-state index in [1.807, 2.05) is 0 Å². The Hall–Kier alpha value is -1.37. The van der Waals surface area contributed by atoms with Crippen LogP contribution in [0.4, 0.5) is 0 Å². The summed E-state index contributed by atoms with van der Waals surface area (Å²) in [6, 6.07) is 0. The maximum Gasteiger partial charge on any atom is 0.329 e. The van der Waals surface area contributed by atoms with Crippen molar-refractivity contribution in [3.8, 4) is 0 Å². The highest BCUT2D eigenvalue weighted by Gasteiger charge is 2.10. The van der Waals surface area contributed by atoms with E-state index in [4.69, 9.17) is 0 Å². The van der Waals surface area contributed by atoms with E-state index >= 15 is 0 Å². The van der Waals surface area contributed by atoms with Gasteiger partial charge in [-0.25, -0.2) is 9.78 Å². The molecular weight excluding hydrogens is 276 g/mol. The van der Waals surface area contributed by atoms with Crippen molar-refractivity contribution in [2.75, 3.05) is 5.33 Å². The summed E-state index contributed by atoms with van der Waals surface area (Å²) in [6.07, 6.45) is 2.48. The number of imidazole rings is 1. The lowest BCUT2D eigenvalue weighted by Gasteiger charge is -2.02. The number of hydrogen-bond acceptors (Lipinski definition) is 3. The molecule has 2 rings (SSSR count). The van der Waals surface area contributed by atoms with Gasteiger partial charge >= 0.3 is 5.69 Å². The molecule has 86 valence electrons. The SMILES string of the molecule is Cn1c(=O)[nH]c(=O)c2c1ncn2CCCBr. The number of rotatable bonds is 3. The highest BCUT2D eigenvalue weighted by molar-refractivity contribution is 9.09. The van der Waals surface area contributed by atoms with E-state index in [-0.39, 0.29) is 5.56 Å². The monoisotopic (exact) mass is 286 g/mol. The molecule has 0 aliphatic carbocycles. The van der Waals surface area contributed by atoms with Crippen molar-refractivity contribution in [2.45, 2.75) is 13.0 Å². The molecular formula is C9H11BrN4O2. The quantitative estimate of drug-likeness (QED) is 0.820. The number of H-pyrrole nitrogens is 1. The molecule has 0 aliphatic heterocycles. The summed E-state index contributed by atoms with van der Waals surface area (Å²) >= 11 is 3.33. The van der Waals surface area contributed by atoms with Crippen LogP contribution in [-0.4, -0.2) is 24.4 Å². The molecule has 0 aliphatic rings. The number of fused-ring (bicyclic) bond motifs is 1. The maximum atomic E-state index is 11.7. The van der Waals surface area contributed by atoms with E-state index in [0.717, 1.165) is 11.8 Å². The molecule has 0 fully saturated rings. The number of nitrogens with zero attached hydrogens (tertiary/aromatic N) is 3. The number of nitrogens with one attached hydrogen (secondary N) is 1. The van der Waals surface area contributed by atoms with Crippen LogP contribution >= 0.6 is 15.9 Å². The Bertz CT molecular complexity index is 624. The third-order valence-corrected chi connectivity index (χ3v) is 2.97. The summed E-state index contributed by atoms with van der Waals surface area (Å²) in [6.45, 7) is 0.697. The Balaban J connectivity index is 2.68. The predicted molar refractivity (Wildman–Crippen MR) is 64.0 cm³/mol. The molecule has 0 spiro atoms. The number of aromatic amines is 1. The Morgan fingerprint density at radius 1 is 1.50 bits per heavy atom. The van der Waals surface area contributed by atoms with Crippen molar-refractivity contribution in [3.05, 3.63) is 27.2 Å². The van der Waals surface area contributed by atoms with Crippen LogP contribution in [-0.2, 0) is 13.6 Å². The van der Waals surface area contributed by atoms with Crippen LogP contribution in [0.1, 0.15) is 6.42 Å². The summed E-state index contributed by atoms with van der Waals surface area (Å²) in [4.78, 5) is 29.3. The van der Waals surface area contributed by atoms with Crippen molar-refractivity contribution in [1.29, 1.82) is 0 Å². The molecule has 1 N–H and O–H groups in total. The minimum absolute atomic E-state index is 0.384. The number of aromatic nitrogens is 4. The van der Waals surface area contributed by atoms with Gasteiger partial charge in [-0.3, -0.25) is 14.3 Å². The summed E-state index contributed by atoms with van der Waals surface area (Å²) in [7, 11) is 1.59. The molecule has 0 amide bonds. The molecule has 0 unspecified atom stereocenters. The first kappa shape index (κ1) is 11.1. The van der Waals surface area contributed by atoms with Gasteiger partial charge in [0.1, 0.15) is 0 Å². The summed E-state index contributed by atoms with van der Waals surface area (Å²) in [5.74, 6) is 0. The van der Waals surface area contributed by atoms with Gasteiger partial charge in [0.25, 0.3) is 5.56 Å². The Morgan fingerprint density at radius 2 is 2.25 bits per heavy atom. The van der Waals surface area contributed by atoms with Crippen molar-refractivity contribution in [2.24, 2.45) is 7.05 Å². The third kappa shape index (κ3) is 1.71. The average molecular weight is 287 g/mol. The van der Waals surface area contributed by atoms with Crippen molar-refractivity contribution < 1.29 is 0 Å². The zero-order chi connectivity index (χ0) is 11.7. The molecule has 0 bridgehead atoms. The molecule has 2 aromatic heterocycles.